The fourth-order valence-electron chi connectivity index (χ4n) is 3.27. The summed E-state index contributed by atoms with van der Waals surface area (Å²) in [6.07, 6.45) is 3.35. The first-order chi connectivity index (χ1) is 9.47. The molecule has 0 aliphatic carbocycles. The van der Waals surface area contributed by atoms with Gasteiger partial charge in [-0.2, -0.15) is 0 Å². The van der Waals surface area contributed by atoms with Gasteiger partial charge in [0.2, 0.25) is 0 Å². The first kappa shape index (κ1) is 15.5. The molecule has 0 atom stereocenters. The van der Waals surface area contributed by atoms with Crippen molar-refractivity contribution in [2.75, 3.05) is 13.1 Å². The number of thiophene rings is 1. The normalized spacial score (nSPS) is 19.1. The zero-order valence-electron chi connectivity index (χ0n) is 12.7. The highest BCUT2D eigenvalue weighted by molar-refractivity contribution is 7.12. The first-order valence-electron chi connectivity index (χ1n) is 7.48. The van der Waals surface area contributed by atoms with E-state index >= 15 is 0 Å². The highest BCUT2D eigenvalue weighted by Crippen LogP contribution is 2.37. The number of carboxylic acids is 1. The Hall–Kier alpha value is -0.870. The molecule has 1 saturated heterocycles. The lowest BCUT2D eigenvalue weighted by molar-refractivity contribution is -0.152. The van der Waals surface area contributed by atoms with E-state index in [2.05, 4.69) is 31.7 Å². The SMILES string of the molecule is CCCC1(C(=O)O)CCN(Cc2cc(C)sc2C)CC1. The Bertz CT molecular complexity index is 473. The molecular formula is C16H25NO2S. The van der Waals surface area contributed by atoms with Gasteiger partial charge in [0.25, 0.3) is 0 Å². The van der Waals surface area contributed by atoms with Gasteiger partial charge >= 0.3 is 5.97 Å². The zero-order chi connectivity index (χ0) is 14.8. The summed E-state index contributed by atoms with van der Waals surface area (Å²) in [5.41, 5.74) is 0.941. The summed E-state index contributed by atoms with van der Waals surface area (Å²) in [5, 5.41) is 9.53. The van der Waals surface area contributed by atoms with E-state index in [4.69, 9.17) is 0 Å². The standard InChI is InChI=1S/C16H25NO2S/c1-4-5-16(15(18)19)6-8-17(9-7-16)11-14-10-12(2)20-13(14)3/h10H,4-9,11H2,1-3H3,(H,18,19). The molecule has 4 heteroatoms. The Balaban J connectivity index is 1.97. The van der Waals surface area contributed by atoms with Crippen molar-refractivity contribution in [1.82, 2.24) is 4.90 Å². The molecule has 1 N–H and O–H groups in total. The van der Waals surface area contributed by atoms with Gasteiger partial charge in [0.1, 0.15) is 0 Å². The molecule has 2 heterocycles. The van der Waals surface area contributed by atoms with Crippen LogP contribution in [0.25, 0.3) is 0 Å². The summed E-state index contributed by atoms with van der Waals surface area (Å²) in [4.78, 5) is 16.7. The highest BCUT2D eigenvalue weighted by atomic mass is 32.1. The van der Waals surface area contributed by atoms with Crippen LogP contribution in [0.1, 0.15) is 47.9 Å². The number of hydrogen-bond acceptors (Lipinski definition) is 3. The Morgan fingerprint density at radius 3 is 2.50 bits per heavy atom. The molecule has 1 fully saturated rings. The van der Waals surface area contributed by atoms with E-state index in [-0.39, 0.29) is 0 Å². The smallest absolute Gasteiger partial charge is 0.309 e. The molecule has 112 valence electrons. The molecular weight excluding hydrogens is 270 g/mol. The molecule has 3 nitrogen and oxygen atoms in total. The predicted molar refractivity (Wildman–Crippen MR) is 83.3 cm³/mol. The summed E-state index contributed by atoms with van der Waals surface area (Å²) < 4.78 is 0. The van der Waals surface area contributed by atoms with Gasteiger partial charge in [-0.3, -0.25) is 9.69 Å². The molecule has 0 amide bonds. The van der Waals surface area contributed by atoms with E-state index in [9.17, 15) is 9.90 Å². The Morgan fingerprint density at radius 1 is 1.40 bits per heavy atom. The Morgan fingerprint density at radius 2 is 2.05 bits per heavy atom. The number of carbonyl (C=O) groups is 1. The fourth-order valence-corrected chi connectivity index (χ4v) is 4.21. The van der Waals surface area contributed by atoms with Crippen LogP contribution in [0.5, 0.6) is 0 Å². The van der Waals surface area contributed by atoms with Crippen LogP contribution in [0, 0.1) is 19.3 Å². The second-order valence-corrected chi connectivity index (χ2v) is 7.51. The van der Waals surface area contributed by atoms with Gasteiger partial charge in [-0.1, -0.05) is 13.3 Å². The van der Waals surface area contributed by atoms with Gasteiger partial charge in [0.15, 0.2) is 0 Å². The molecule has 1 aliphatic rings. The maximum absolute atomic E-state index is 11.6. The minimum absolute atomic E-state index is 0.467. The molecule has 0 unspecified atom stereocenters. The van der Waals surface area contributed by atoms with Crippen molar-refractivity contribution in [2.45, 2.75) is 53.0 Å². The molecule has 1 aromatic rings. The summed E-state index contributed by atoms with van der Waals surface area (Å²) >= 11 is 1.85. The van der Waals surface area contributed by atoms with Crippen molar-refractivity contribution in [3.8, 4) is 0 Å². The molecule has 0 aromatic carbocycles. The first-order valence-corrected chi connectivity index (χ1v) is 8.30. The monoisotopic (exact) mass is 295 g/mol. The maximum Gasteiger partial charge on any atom is 0.309 e. The lowest BCUT2D eigenvalue weighted by Crippen LogP contribution is -2.44. The van der Waals surface area contributed by atoms with Crippen LogP contribution in [0.4, 0.5) is 0 Å². The van der Waals surface area contributed by atoms with Crippen LogP contribution in [-0.4, -0.2) is 29.1 Å². The lowest BCUT2D eigenvalue weighted by Gasteiger charge is -2.38. The van der Waals surface area contributed by atoms with E-state index < -0.39 is 11.4 Å². The third-order valence-corrected chi connectivity index (χ3v) is 5.54. The summed E-state index contributed by atoms with van der Waals surface area (Å²) in [7, 11) is 0. The molecule has 0 radical (unpaired) electrons. The van der Waals surface area contributed by atoms with Crippen LogP contribution in [0.2, 0.25) is 0 Å². The van der Waals surface area contributed by atoms with E-state index in [1.807, 2.05) is 11.3 Å². The fraction of sp³-hybridized carbons (Fsp3) is 0.688. The van der Waals surface area contributed by atoms with E-state index in [1.54, 1.807) is 0 Å². The van der Waals surface area contributed by atoms with E-state index in [0.29, 0.717) is 0 Å². The molecule has 0 bridgehead atoms. The molecule has 0 spiro atoms. The van der Waals surface area contributed by atoms with Crippen molar-refractivity contribution < 1.29 is 9.90 Å². The van der Waals surface area contributed by atoms with Crippen molar-refractivity contribution in [2.24, 2.45) is 5.41 Å². The summed E-state index contributed by atoms with van der Waals surface area (Å²) in [6, 6.07) is 2.27. The van der Waals surface area contributed by atoms with Crippen molar-refractivity contribution in [3.05, 3.63) is 21.4 Å². The quantitative estimate of drug-likeness (QED) is 0.897. The molecule has 2 rings (SSSR count). The lowest BCUT2D eigenvalue weighted by atomic mass is 9.75. The van der Waals surface area contributed by atoms with Crippen LogP contribution < -0.4 is 0 Å². The number of aliphatic carboxylic acids is 1. The zero-order valence-corrected chi connectivity index (χ0v) is 13.6. The van der Waals surface area contributed by atoms with Gasteiger partial charge in [-0.25, -0.2) is 0 Å². The average Bonchev–Trinajstić information content (AvgIpc) is 2.70. The minimum Gasteiger partial charge on any atom is -0.481 e. The van der Waals surface area contributed by atoms with Crippen LogP contribution in [0.3, 0.4) is 0 Å². The number of likely N-dealkylation sites (tertiary alicyclic amines) is 1. The summed E-state index contributed by atoms with van der Waals surface area (Å²) in [6.45, 7) is 9.18. The number of carboxylic acid groups (broad SMARTS) is 1. The van der Waals surface area contributed by atoms with Crippen molar-refractivity contribution >= 4 is 17.3 Å². The highest BCUT2D eigenvalue weighted by Gasteiger charge is 2.40. The average molecular weight is 295 g/mol. The topological polar surface area (TPSA) is 40.5 Å². The van der Waals surface area contributed by atoms with Gasteiger partial charge in [0.05, 0.1) is 5.41 Å². The van der Waals surface area contributed by atoms with Crippen LogP contribution in [-0.2, 0) is 11.3 Å². The van der Waals surface area contributed by atoms with Crippen molar-refractivity contribution in [1.29, 1.82) is 0 Å². The molecule has 1 aromatic heterocycles. The Labute approximate surface area is 125 Å². The van der Waals surface area contributed by atoms with Gasteiger partial charge in [0, 0.05) is 16.3 Å². The Kier molecular flexibility index (Phi) is 4.86. The second kappa shape index (κ2) is 6.27. The van der Waals surface area contributed by atoms with E-state index in [0.717, 1.165) is 45.3 Å². The maximum atomic E-state index is 11.6. The van der Waals surface area contributed by atoms with Gasteiger partial charge in [-0.15, -0.1) is 11.3 Å². The number of nitrogens with zero attached hydrogens (tertiary/aromatic N) is 1. The molecule has 20 heavy (non-hydrogen) atoms. The third-order valence-electron chi connectivity index (χ3n) is 4.53. The number of piperidine rings is 1. The minimum atomic E-state index is -0.596. The molecule has 1 aliphatic heterocycles. The van der Waals surface area contributed by atoms with E-state index in [1.165, 1.54) is 15.3 Å². The number of aryl methyl sites for hydroxylation is 2. The van der Waals surface area contributed by atoms with Crippen LogP contribution >= 0.6 is 11.3 Å². The largest absolute Gasteiger partial charge is 0.481 e. The molecule has 0 saturated carbocycles. The third kappa shape index (κ3) is 3.23. The van der Waals surface area contributed by atoms with Gasteiger partial charge < -0.3 is 5.11 Å². The van der Waals surface area contributed by atoms with Gasteiger partial charge in [-0.05, 0) is 57.8 Å². The van der Waals surface area contributed by atoms with Crippen molar-refractivity contribution in [3.63, 3.8) is 0 Å². The second-order valence-electron chi connectivity index (χ2n) is 6.05. The van der Waals surface area contributed by atoms with Crippen LogP contribution in [0.15, 0.2) is 6.07 Å². The number of rotatable bonds is 5. The summed E-state index contributed by atoms with van der Waals surface area (Å²) in [5.74, 6) is -0.596. The predicted octanol–water partition coefficient (Wildman–Crippen LogP) is 3.83. The number of hydrogen-bond donors (Lipinski definition) is 1.